The molecule has 26 heavy (non-hydrogen) atoms. The van der Waals surface area contributed by atoms with Crippen LogP contribution in [0.2, 0.25) is 11.8 Å². The number of benzene rings is 2. The van der Waals surface area contributed by atoms with Crippen LogP contribution in [0.15, 0.2) is 48.9 Å². The van der Waals surface area contributed by atoms with Gasteiger partial charge in [-0.25, -0.2) is 9.97 Å². The summed E-state index contributed by atoms with van der Waals surface area (Å²) in [5, 5.41) is 11.1. The van der Waals surface area contributed by atoms with Crippen molar-refractivity contribution >= 4 is 69.3 Å². The van der Waals surface area contributed by atoms with E-state index in [0.29, 0.717) is 10.8 Å². The largest absolute Gasteiger partial charge is 0.432 e. The molecule has 2 aromatic carbocycles. The molecule has 0 bridgehead atoms. The summed E-state index contributed by atoms with van der Waals surface area (Å²) in [5.74, 6) is 0.613. The first kappa shape index (κ1) is 17.6. The van der Waals surface area contributed by atoms with Gasteiger partial charge in [-0.1, -0.05) is 23.7 Å². The number of fused-ring (bicyclic) bond motifs is 3. The lowest BCUT2D eigenvalue weighted by Gasteiger charge is -2.28. The van der Waals surface area contributed by atoms with E-state index >= 15 is 0 Å². The monoisotopic (exact) mass is 476 g/mol. The Morgan fingerprint density at radius 2 is 2.04 bits per heavy atom. The molecule has 2 heterocycles. The molecule has 4 aromatic rings. The third kappa shape index (κ3) is 2.84. The first-order chi connectivity index (χ1) is 12.5. The Morgan fingerprint density at radius 1 is 1.23 bits per heavy atom. The highest BCUT2D eigenvalue weighted by atomic mass is 127. The van der Waals surface area contributed by atoms with Gasteiger partial charge < -0.3 is 9.83 Å². The first-order valence-corrected chi connectivity index (χ1v) is 9.57. The van der Waals surface area contributed by atoms with Gasteiger partial charge in [-0.15, -0.1) is 0 Å². The molecule has 130 valence electrons. The number of halogens is 2. The number of imidazole rings is 1. The molecule has 0 fully saturated rings. The Labute approximate surface area is 169 Å². The quantitative estimate of drug-likeness (QED) is 0.344. The van der Waals surface area contributed by atoms with Crippen LogP contribution < -0.4 is 4.81 Å². The van der Waals surface area contributed by atoms with Crippen molar-refractivity contribution < 1.29 is 5.02 Å². The Balaban J connectivity index is 2.07. The maximum Gasteiger partial charge on any atom is 0.415 e. The normalized spacial score (nSPS) is 11.3. The first-order valence-electron chi connectivity index (χ1n) is 8.11. The predicted octanol–water partition coefficient (Wildman–Crippen LogP) is 4.70. The molecule has 0 amide bonds. The van der Waals surface area contributed by atoms with E-state index in [1.807, 2.05) is 41.7 Å². The fraction of sp³-hybridized carbons (Fsp3) is 0.111. The molecular weight excluding hydrogens is 461 g/mol. The van der Waals surface area contributed by atoms with Crippen molar-refractivity contribution in [3.05, 3.63) is 63.1 Å². The smallest absolute Gasteiger partial charge is 0.415 e. The van der Waals surface area contributed by atoms with E-state index < -0.39 is 7.05 Å². The highest BCUT2D eigenvalue weighted by molar-refractivity contribution is 14.1. The zero-order chi connectivity index (χ0) is 18.4. The summed E-state index contributed by atoms with van der Waals surface area (Å²) >= 11 is 8.76. The minimum atomic E-state index is -0.818. The van der Waals surface area contributed by atoms with Crippen LogP contribution in [-0.2, 0) is 0 Å². The zero-order valence-electron chi connectivity index (χ0n) is 14.2. The molecule has 4 rings (SSSR count). The van der Waals surface area contributed by atoms with Gasteiger partial charge in [0.15, 0.2) is 0 Å². The number of aromatic nitrogens is 3. The van der Waals surface area contributed by atoms with E-state index in [-0.39, 0.29) is 0 Å². The molecule has 0 saturated heterocycles. The summed E-state index contributed by atoms with van der Waals surface area (Å²) in [5.41, 5.74) is 4.29. The van der Waals surface area contributed by atoms with Gasteiger partial charge in [0.25, 0.3) is 0 Å². The summed E-state index contributed by atoms with van der Waals surface area (Å²) < 4.78 is 3.11. The van der Waals surface area contributed by atoms with Gasteiger partial charge in [-0.2, -0.15) is 0 Å². The molecule has 0 atom stereocenters. The van der Waals surface area contributed by atoms with E-state index in [9.17, 15) is 5.02 Å². The fourth-order valence-electron chi connectivity index (χ4n) is 3.18. The van der Waals surface area contributed by atoms with Crippen LogP contribution in [0.3, 0.4) is 0 Å². The van der Waals surface area contributed by atoms with Gasteiger partial charge in [0.1, 0.15) is 11.3 Å². The molecule has 0 aliphatic heterocycles. The van der Waals surface area contributed by atoms with E-state index in [2.05, 4.69) is 33.6 Å². The second kappa shape index (κ2) is 6.72. The number of para-hydroxylation sites is 1. The highest BCUT2D eigenvalue weighted by Gasteiger charge is 2.27. The molecule has 1 N–H and O–H groups in total. The van der Waals surface area contributed by atoms with Crippen molar-refractivity contribution in [2.75, 3.05) is 4.81 Å². The van der Waals surface area contributed by atoms with E-state index in [1.165, 1.54) is 0 Å². The van der Waals surface area contributed by atoms with E-state index in [0.717, 1.165) is 31.4 Å². The summed E-state index contributed by atoms with van der Waals surface area (Å²) in [6.07, 6.45) is 3.52. The molecule has 0 saturated carbocycles. The molecule has 0 radical (unpaired) electrons. The molecule has 0 spiro atoms. The Kier molecular flexibility index (Phi) is 4.54. The molecule has 0 unspecified atom stereocenters. The average molecular weight is 477 g/mol. The second-order valence-electron chi connectivity index (χ2n) is 6.12. The number of anilines is 2. The van der Waals surface area contributed by atoms with Gasteiger partial charge in [0.05, 0.1) is 34.3 Å². The van der Waals surface area contributed by atoms with Crippen molar-refractivity contribution in [3.8, 4) is 0 Å². The number of rotatable bonds is 3. The lowest BCUT2D eigenvalue weighted by atomic mass is 9.83. The summed E-state index contributed by atoms with van der Waals surface area (Å²) in [6, 6.07) is 11.7. The van der Waals surface area contributed by atoms with Gasteiger partial charge in [-0.3, -0.25) is 4.40 Å². The van der Waals surface area contributed by atoms with Crippen LogP contribution in [0.25, 0.3) is 16.6 Å². The van der Waals surface area contributed by atoms with Crippen LogP contribution in [0, 0.1) is 10.5 Å². The van der Waals surface area contributed by atoms with Crippen molar-refractivity contribution in [1.29, 1.82) is 0 Å². The van der Waals surface area contributed by atoms with Crippen molar-refractivity contribution in [1.82, 2.24) is 14.4 Å². The van der Waals surface area contributed by atoms with Crippen LogP contribution in [0.4, 0.5) is 11.5 Å². The summed E-state index contributed by atoms with van der Waals surface area (Å²) in [4.78, 5) is 10.9. The summed E-state index contributed by atoms with van der Waals surface area (Å²) in [7, 11) is -0.818. The molecule has 8 heteroatoms. The van der Waals surface area contributed by atoms with E-state index in [1.54, 1.807) is 24.2 Å². The molecule has 5 nitrogen and oxygen atoms in total. The third-order valence-electron chi connectivity index (χ3n) is 4.32. The molecule has 0 aliphatic rings. The van der Waals surface area contributed by atoms with Gasteiger partial charge in [0.2, 0.25) is 0 Å². The number of nitrogens with zero attached hydrogens (tertiary/aromatic N) is 4. The number of hydrogen-bond acceptors (Lipinski definition) is 4. The van der Waals surface area contributed by atoms with Gasteiger partial charge in [0, 0.05) is 3.57 Å². The standard InChI is InChI=1S/C18H15BClIN4O/c1-11-4-3-5-13(20)17(11)25(19(2)26)18-16-9-22-10-24(16)15-8-12(21)6-7-14(15)23-18/h3-10,26H,1-2H3. The Bertz CT molecular complexity index is 1110. The zero-order valence-corrected chi connectivity index (χ0v) is 17.1. The minimum Gasteiger partial charge on any atom is -0.432 e. The SMILES string of the molecule is CB(O)N(c1c(C)cccc1Cl)c1nc2ccc(I)cc2n2cncc12. The predicted molar refractivity (Wildman–Crippen MR) is 115 cm³/mol. The number of hydrogen-bond donors (Lipinski definition) is 1. The van der Waals surface area contributed by atoms with Crippen LogP contribution in [0.1, 0.15) is 5.56 Å². The number of aryl methyl sites for hydroxylation is 1. The lowest BCUT2D eigenvalue weighted by molar-refractivity contribution is 0.578. The molecular formula is C18H15BClIN4O. The minimum absolute atomic E-state index is 0.563. The molecule has 0 aliphatic carbocycles. The highest BCUT2D eigenvalue weighted by Crippen LogP contribution is 2.37. The topological polar surface area (TPSA) is 53.7 Å². The van der Waals surface area contributed by atoms with E-state index in [4.69, 9.17) is 16.6 Å². The van der Waals surface area contributed by atoms with Crippen molar-refractivity contribution in [2.24, 2.45) is 0 Å². The van der Waals surface area contributed by atoms with Crippen LogP contribution >= 0.6 is 34.2 Å². The maximum atomic E-state index is 10.6. The van der Waals surface area contributed by atoms with Crippen LogP contribution in [0.5, 0.6) is 0 Å². The van der Waals surface area contributed by atoms with Crippen molar-refractivity contribution in [2.45, 2.75) is 13.7 Å². The van der Waals surface area contributed by atoms with Gasteiger partial charge >= 0.3 is 7.05 Å². The van der Waals surface area contributed by atoms with Crippen molar-refractivity contribution in [3.63, 3.8) is 0 Å². The second-order valence-corrected chi connectivity index (χ2v) is 7.78. The lowest BCUT2D eigenvalue weighted by Crippen LogP contribution is -2.34. The van der Waals surface area contributed by atoms with Crippen LogP contribution in [-0.4, -0.2) is 26.4 Å². The average Bonchev–Trinajstić information content (AvgIpc) is 3.08. The third-order valence-corrected chi connectivity index (χ3v) is 5.30. The van der Waals surface area contributed by atoms with Gasteiger partial charge in [-0.05, 0) is 66.2 Å². The fourth-order valence-corrected chi connectivity index (χ4v) is 3.97. The molecule has 2 aromatic heterocycles. The summed E-state index contributed by atoms with van der Waals surface area (Å²) in [6.45, 7) is 3.67. The Morgan fingerprint density at radius 3 is 2.77 bits per heavy atom. The maximum absolute atomic E-state index is 10.6. The Hall–Kier alpha value is -1.84.